The molecule has 1 heterocycles. The fourth-order valence-corrected chi connectivity index (χ4v) is 1.50. The molecule has 0 saturated heterocycles. The zero-order valence-corrected chi connectivity index (χ0v) is 10.3. The normalized spacial score (nSPS) is 12.4. The standard InChI is InChI=1S/C11H20N4O2/c1-9(12)10-7-13-8-15(10)5-3-11(16)14-4-6-17-2/h7-9H,3-6,12H2,1-2H3,(H,14,16). The van der Waals surface area contributed by atoms with Crippen LogP contribution in [0.1, 0.15) is 25.1 Å². The number of methoxy groups -OCH3 is 1. The summed E-state index contributed by atoms with van der Waals surface area (Å²) in [6.07, 6.45) is 3.84. The van der Waals surface area contributed by atoms with Crippen molar-refractivity contribution < 1.29 is 9.53 Å². The van der Waals surface area contributed by atoms with Gasteiger partial charge in [-0.1, -0.05) is 0 Å². The first-order valence-electron chi connectivity index (χ1n) is 5.66. The molecule has 0 radical (unpaired) electrons. The number of nitrogens with zero attached hydrogens (tertiary/aromatic N) is 2. The van der Waals surface area contributed by atoms with E-state index in [1.54, 1.807) is 19.6 Å². The molecule has 0 aliphatic rings. The van der Waals surface area contributed by atoms with Crippen LogP contribution in [0.5, 0.6) is 0 Å². The molecule has 1 amide bonds. The summed E-state index contributed by atoms with van der Waals surface area (Å²) in [7, 11) is 1.60. The summed E-state index contributed by atoms with van der Waals surface area (Å²) in [5.41, 5.74) is 6.73. The first kappa shape index (κ1) is 13.7. The van der Waals surface area contributed by atoms with E-state index in [9.17, 15) is 4.79 Å². The second-order valence-corrected chi connectivity index (χ2v) is 3.89. The number of ether oxygens (including phenoxy) is 1. The number of nitrogens with two attached hydrogens (primary N) is 1. The van der Waals surface area contributed by atoms with Crippen LogP contribution in [-0.4, -0.2) is 35.7 Å². The number of amides is 1. The maximum Gasteiger partial charge on any atom is 0.221 e. The molecular formula is C11H20N4O2. The summed E-state index contributed by atoms with van der Waals surface area (Å²) in [6, 6.07) is -0.0750. The highest BCUT2D eigenvalue weighted by Gasteiger charge is 2.08. The smallest absolute Gasteiger partial charge is 0.221 e. The van der Waals surface area contributed by atoms with E-state index in [1.807, 2.05) is 11.5 Å². The molecular weight excluding hydrogens is 220 g/mol. The Morgan fingerprint density at radius 2 is 2.47 bits per heavy atom. The number of imidazole rings is 1. The summed E-state index contributed by atoms with van der Waals surface area (Å²) >= 11 is 0. The maximum absolute atomic E-state index is 11.5. The molecule has 3 N–H and O–H groups in total. The highest BCUT2D eigenvalue weighted by molar-refractivity contribution is 5.75. The summed E-state index contributed by atoms with van der Waals surface area (Å²) < 4.78 is 6.75. The van der Waals surface area contributed by atoms with Crippen LogP contribution in [-0.2, 0) is 16.1 Å². The number of rotatable bonds is 7. The molecule has 0 bridgehead atoms. The van der Waals surface area contributed by atoms with Crippen molar-refractivity contribution in [2.24, 2.45) is 5.73 Å². The summed E-state index contributed by atoms with van der Waals surface area (Å²) in [5.74, 6) is 0.00590. The van der Waals surface area contributed by atoms with E-state index in [0.717, 1.165) is 5.69 Å². The fraction of sp³-hybridized carbons (Fsp3) is 0.636. The number of carbonyl (C=O) groups excluding carboxylic acids is 1. The van der Waals surface area contributed by atoms with Gasteiger partial charge in [-0.05, 0) is 6.92 Å². The predicted molar refractivity (Wildman–Crippen MR) is 64.3 cm³/mol. The van der Waals surface area contributed by atoms with E-state index in [0.29, 0.717) is 26.1 Å². The molecule has 0 aliphatic carbocycles. The molecule has 1 unspecified atom stereocenters. The second-order valence-electron chi connectivity index (χ2n) is 3.89. The van der Waals surface area contributed by atoms with Crippen LogP contribution in [0.2, 0.25) is 0 Å². The molecule has 0 spiro atoms. The summed E-state index contributed by atoms with van der Waals surface area (Å²) in [6.45, 7) is 3.56. The van der Waals surface area contributed by atoms with Gasteiger partial charge in [0.1, 0.15) is 0 Å². The minimum atomic E-state index is -0.0750. The zero-order valence-electron chi connectivity index (χ0n) is 10.3. The van der Waals surface area contributed by atoms with Gasteiger partial charge in [-0.25, -0.2) is 4.98 Å². The molecule has 96 valence electrons. The van der Waals surface area contributed by atoms with Gasteiger partial charge in [0.25, 0.3) is 0 Å². The van der Waals surface area contributed by atoms with Gasteiger partial charge in [-0.3, -0.25) is 4.79 Å². The van der Waals surface area contributed by atoms with Crippen LogP contribution in [0, 0.1) is 0 Å². The number of aryl methyl sites for hydroxylation is 1. The van der Waals surface area contributed by atoms with Gasteiger partial charge < -0.3 is 20.4 Å². The van der Waals surface area contributed by atoms with Crippen LogP contribution >= 0.6 is 0 Å². The average Bonchev–Trinajstić information content (AvgIpc) is 2.75. The third-order valence-electron chi connectivity index (χ3n) is 2.42. The Morgan fingerprint density at radius 3 is 3.12 bits per heavy atom. The van der Waals surface area contributed by atoms with Crippen molar-refractivity contribution in [3.8, 4) is 0 Å². The lowest BCUT2D eigenvalue weighted by Gasteiger charge is -2.10. The third kappa shape index (κ3) is 4.54. The van der Waals surface area contributed by atoms with Crippen molar-refractivity contribution in [1.82, 2.24) is 14.9 Å². The zero-order chi connectivity index (χ0) is 12.7. The second kappa shape index (κ2) is 7.03. The molecule has 1 atom stereocenters. The Bertz CT molecular complexity index is 349. The lowest BCUT2D eigenvalue weighted by atomic mass is 10.2. The molecule has 0 saturated carbocycles. The first-order chi connectivity index (χ1) is 8.15. The molecule has 1 rings (SSSR count). The lowest BCUT2D eigenvalue weighted by molar-refractivity contribution is -0.121. The Labute approximate surface area is 101 Å². The van der Waals surface area contributed by atoms with Crippen LogP contribution in [0.3, 0.4) is 0 Å². The van der Waals surface area contributed by atoms with E-state index >= 15 is 0 Å². The molecule has 0 aromatic carbocycles. The highest BCUT2D eigenvalue weighted by atomic mass is 16.5. The molecule has 1 aromatic heterocycles. The topological polar surface area (TPSA) is 82.2 Å². The van der Waals surface area contributed by atoms with Gasteiger partial charge in [0, 0.05) is 38.9 Å². The SMILES string of the molecule is COCCNC(=O)CCn1cncc1C(C)N. The summed E-state index contributed by atoms with van der Waals surface area (Å²) in [4.78, 5) is 15.5. The first-order valence-corrected chi connectivity index (χ1v) is 5.66. The van der Waals surface area contributed by atoms with Crippen LogP contribution in [0.4, 0.5) is 0 Å². The van der Waals surface area contributed by atoms with Gasteiger partial charge in [-0.15, -0.1) is 0 Å². The maximum atomic E-state index is 11.5. The number of hydrogen-bond donors (Lipinski definition) is 2. The van der Waals surface area contributed by atoms with E-state index in [4.69, 9.17) is 10.5 Å². The van der Waals surface area contributed by atoms with Crippen molar-refractivity contribution >= 4 is 5.91 Å². The van der Waals surface area contributed by atoms with Crippen molar-refractivity contribution in [2.45, 2.75) is 25.9 Å². The average molecular weight is 240 g/mol. The fourth-order valence-electron chi connectivity index (χ4n) is 1.50. The molecule has 17 heavy (non-hydrogen) atoms. The highest BCUT2D eigenvalue weighted by Crippen LogP contribution is 2.08. The van der Waals surface area contributed by atoms with Crippen molar-refractivity contribution in [2.75, 3.05) is 20.3 Å². The van der Waals surface area contributed by atoms with E-state index in [-0.39, 0.29) is 11.9 Å². The third-order valence-corrected chi connectivity index (χ3v) is 2.42. The largest absolute Gasteiger partial charge is 0.383 e. The minimum absolute atomic E-state index is 0.00590. The van der Waals surface area contributed by atoms with Crippen molar-refractivity contribution in [1.29, 1.82) is 0 Å². The number of nitrogens with one attached hydrogen (secondary N) is 1. The van der Waals surface area contributed by atoms with Gasteiger partial charge in [-0.2, -0.15) is 0 Å². The monoisotopic (exact) mass is 240 g/mol. The van der Waals surface area contributed by atoms with Gasteiger partial charge in [0.05, 0.1) is 18.6 Å². The van der Waals surface area contributed by atoms with Gasteiger partial charge in [0.15, 0.2) is 0 Å². The predicted octanol–water partition coefficient (Wildman–Crippen LogP) is 0.0555. The van der Waals surface area contributed by atoms with E-state index in [1.165, 1.54) is 0 Å². The molecule has 6 heteroatoms. The van der Waals surface area contributed by atoms with Gasteiger partial charge in [0.2, 0.25) is 5.91 Å². The molecule has 6 nitrogen and oxygen atoms in total. The minimum Gasteiger partial charge on any atom is -0.383 e. The van der Waals surface area contributed by atoms with Crippen LogP contribution in [0.15, 0.2) is 12.5 Å². The molecule has 0 aliphatic heterocycles. The Hall–Kier alpha value is -1.40. The molecule has 1 aromatic rings. The number of carbonyl (C=O) groups is 1. The Morgan fingerprint density at radius 1 is 1.71 bits per heavy atom. The van der Waals surface area contributed by atoms with Crippen molar-refractivity contribution in [3.63, 3.8) is 0 Å². The quantitative estimate of drug-likeness (QED) is 0.660. The molecule has 0 fully saturated rings. The lowest BCUT2D eigenvalue weighted by Crippen LogP contribution is -2.28. The Kier molecular flexibility index (Phi) is 5.65. The van der Waals surface area contributed by atoms with E-state index < -0.39 is 0 Å². The van der Waals surface area contributed by atoms with Crippen LogP contribution in [0.25, 0.3) is 0 Å². The van der Waals surface area contributed by atoms with Gasteiger partial charge >= 0.3 is 0 Å². The summed E-state index contributed by atoms with van der Waals surface area (Å²) in [5, 5.41) is 2.77. The van der Waals surface area contributed by atoms with Crippen molar-refractivity contribution in [3.05, 3.63) is 18.2 Å². The number of hydrogen-bond acceptors (Lipinski definition) is 4. The Balaban J connectivity index is 2.34. The van der Waals surface area contributed by atoms with Crippen LogP contribution < -0.4 is 11.1 Å². The van der Waals surface area contributed by atoms with E-state index in [2.05, 4.69) is 10.3 Å². The number of aromatic nitrogens is 2.